The van der Waals surface area contributed by atoms with Crippen molar-refractivity contribution >= 4 is 26.5 Å². The first kappa shape index (κ1) is 18.1. The summed E-state index contributed by atoms with van der Waals surface area (Å²) in [5.74, 6) is -0.234. The normalized spacial score (nSPS) is 25.9. The smallest absolute Gasteiger partial charge is 0.214 e. The number of anilines is 1. The van der Waals surface area contributed by atoms with E-state index in [9.17, 15) is 13.5 Å². The molecule has 0 aromatic carbocycles. The van der Waals surface area contributed by atoms with Crippen molar-refractivity contribution in [2.45, 2.75) is 25.5 Å². The second-order valence-electron chi connectivity index (χ2n) is 6.89. The van der Waals surface area contributed by atoms with Gasteiger partial charge < -0.3 is 10.0 Å². The van der Waals surface area contributed by atoms with Gasteiger partial charge in [-0.15, -0.1) is 11.3 Å². The largest absolute Gasteiger partial charge is 0.391 e. The molecule has 2 aliphatic rings. The van der Waals surface area contributed by atoms with E-state index in [0.717, 1.165) is 24.8 Å². The molecule has 2 fully saturated rings. The Morgan fingerprint density at radius 3 is 2.71 bits per heavy atom. The molecular weight excluding hydrogens is 348 g/mol. The maximum atomic E-state index is 12.0. The van der Waals surface area contributed by atoms with Gasteiger partial charge in [0.2, 0.25) is 10.0 Å². The summed E-state index contributed by atoms with van der Waals surface area (Å²) in [6.45, 7) is 4.01. The maximum Gasteiger partial charge on any atom is 0.214 e. The minimum Gasteiger partial charge on any atom is -0.391 e. The van der Waals surface area contributed by atoms with Gasteiger partial charge in [0.15, 0.2) is 5.13 Å². The van der Waals surface area contributed by atoms with Crippen LogP contribution in [0.5, 0.6) is 0 Å². The lowest BCUT2D eigenvalue weighted by atomic mass is 10.1. The fraction of sp³-hybridized carbons (Fsp3) is 0.800. The molecule has 0 radical (unpaired) electrons. The van der Waals surface area contributed by atoms with Crippen molar-refractivity contribution < 1.29 is 13.5 Å². The van der Waals surface area contributed by atoms with Crippen LogP contribution in [-0.2, 0) is 16.6 Å². The number of hydrogen-bond acceptors (Lipinski definition) is 7. The number of nitrogens with zero attached hydrogens (tertiary/aromatic N) is 4. The van der Waals surface area contributed by atoms with Gasteiger partial charge in [-0.1, -0.05) is 0 Å². The highest BCUT2D eigenvalue weighted by Gasteiger charge is 2.35. The van der Waals surface area contributed by atoms with Crippen molar-refractivity contribution in [3.05, 3.63) is 11.1 Å². The van der Waals surface area contributed by atoms with Gasteiger partial charge >= 0.3 is 0 Å². The zero-order valence-electron chi connectivity index (χ0n) is 14.3. The van der Waals surface area contributed by atoms with Crippen LogP contribution in [-0.4, -0.2) is 79.8 Å². The van der Waals surface area contributed by atoms with Crippen LogP contribution in [0, 0.1) is 5.92 Å². The van der Waals surface area contributed by atoms with Crippen LogP contribution in [0.3, 0.4) is 0 Å². The predicted molar refractivity (Wildman–Crippen MR) is 95.8 cm³/mol. The third-order valence-electron chi connectivity index (χ3n) is 4.76. The lowest BCUT2D eigenvalue weighted by molar-refractivity contribution is 0.148. The monoisotopic (exact) mass is 374 g/mol. The van der Waals surface area contributed by atoms with Crippen LogP contribution >= 0.6 is 11.3 Å². The molecule has 1 aromatic rings. The molecule has 2 aliphatic heterocycles. The molecule has 24 heavy (non-hydrogen) atoms. The predicted octanol–water partition coefficient (Wildman–Crippen LogP) is 0.427. The van der Waals surface area contributed by atoms with Crippen LogP contribution in [0.2, 0.25) is 0 Å². The second kappa shape index (κ2) is 7.25. The molecule has 0 spiro atoms. The standard InChI is InChI=1S/C15H26N4O3S2/c1-17(2)24(21,22)11-12-8-18(10-14(12)20)9-13-7-16-15(23-13)19-5-3-4-6-19/h7,12,14,20H,3-6,8-11H2,1-2H3. The molecule has 3 rings (SSSR count). The average molecular weight is 375 g/mol. The molecule has 2 unspecified atom stereocenters. The van der Waals surface area contributed by atoms with E-state index in [4.69, 9.17) is 0 Å². The molecule has 136 valence electrons. The quantitative estimate of drug-likeness (QED) is 0.778. The maximum absolute atomic E-state index is 12.0. The van der Waals surface area contributed by atoms with Crippen molar-refractivity contribution in [3.63, 3.8) is 0 Å². The van der Waals surface area contributed by atoms with Crippen molar-refractivity contribution in [2.24, 2.45) is 5.92 Å². The van der Waals surface area contributed by atoms with Gasteiger partial charge in [0.25, 0.3) is 0 Å². The van der Waals surface area contributed by atoms with Crippen molar-refractivity contribution in [1.82, 2.24) is 14.2 Å². The fourth-order valence-corrected chi connectivity index (χ4v) is 5.47. The number of thiazole rings is 1. The number of aromatic nitrogens is 1. The Hall–Kier alpha value is -0.740. The summed E-state index contributed by atoms with van der Waals surface area (Å²) in [6, 6.07) is 0. The van der Waals surface area contributed by atoms with Crippen LogP contribution in [0.25, 0.3) is 0 Å². The van der Waals surface area contributed by atoms with Gasteiger partial charge in [0.1, 0.15) is 0 Å². The lowest BCUT2D eigenvalue weighted by Crippen LogP contribution is -2.33. The molecule has 1 aromatic heterocycles. The van der Waals surface area contributed by atoms with E-state index in [1.807, 2.05) is 6.20 Å². The minimum absolute atomic E-state index is 0.000610. The molecular formula is C15H26N4O3S2. The summed E-state index contributed by atoms with van der Waals surface area (Å²) < 4.78 is 25.3. The first-order valence-corrected chi connectivity index (χ1v) is 10.8. The van der Waals surface area contributed by atoms with Crippen LogP contribution in [0.1, 0.15) is 17.7 Å². The SMILES string of the molecule is CN(C)S(=O)(=O)CC1CN(Cc2cnc(N3CCCC3)s2)CC1O. The first-order chi connectivity index (χ1) is 11.3. The molecule has 0 saturated carbocycles. The highest BCUT2D eigenvalue weighted by Crippen LogP contribution is 2.28. The van der Waals surface area contributed by atoms with Crippen LogP contribution in [0.4, 0.5) is 5.13 Å². The zero-order valence-corrected chi connectivity index (χ0v) is 15.9. The number of rotatable bonds is 6. The lowest BCUT2D eigenvalue weighted by Gasteiger charge is -2.17. The summed E-state index contributed by atoms with van der Waals surface area (Å²) in [6.07, 6.45) is 3.78. The Balaban J connectivity index is 1.57. The van der Waals surface area contributed by atoms with Gasteiger partial charge in [0, 0.05) is 63.8 Å². The van der Waals surface area contributed by atoms with E-state index in [1.165, 1.54) is 36.1 Å². The topological polar surface area (TPSA) is 77.0 Å². The van der Waals surface area contributed by atoms with Crippen molar-refractivity contribution in [2.75, 3.05) is 50.9 Å². The summed E-state index contributed by atoms with van der Waals surface area (Å²) in [7, 11) is -0.221. The van der Waals surface area contributed by atoms with Gasteiger partial charge in [-0.25, -0.2) is 17.7 Å². The van der Waals surface area contributed by atoms with E-state index in [-0.39, 0.29) is 11.7 Å². The number of hydrogen-bond donors (Lipinski definition) is 1. The van der Waals surface area contributed by atoms with Gasteiger partial charge in [-0.05, 0) is 12.8 Å². The second-order valence-corrected chi connectivity index (χ2v) is 10.2. The number of β-amino-alcohol motifs (C(OH)–C–C–N with tert-alkyl or cyclic N) is 1. The molecule has 0 bridgehead atoms. The summed E-state index contributed by atoms with van der Waals surface area (Å²) in [5, 5.41) is 11.3. The molecule has 1 N–H and O–H groups in total. The minimum atomic E-state index is -3.29. The summed E-state index contributed by atoms with van der Waals surface area (Å²) >= 11 is 1.70. The third kappa shape index (κ3) is 4.08. The molecule has 0 aliphatic carbocycles. The third-order valence-corrected chi connectivity index (χ3v) is 7.77. The number of aliphatic hydroxyl groups excluding tert-OH is 1. The first-order valence-electron chi connectivity index (χ1n) is 8.35. The Bertz CT molecular complexity index is 655. The summed E-state index contributed by atoms with van der Waals surface area (Å²) in [4.78, 5) is 10.1. The zero-order chi connectivity index (χ0) is 17.3. The van der Waals surface area contributed by atoms with E-state index >= 15 is 0 Å². The van der Waals surface area contributed by atoms with E-state index in [1.54, 1.807) is 11.3 Å². The Labute approximate surface area is 147 Å². The van der Waals surface area contributed by atoms with Crippen LogP contribution < -0.4 is 4.90 Å². The Morgan fingerprint density at radius 2 is 2.04 bits per heavy atom. The number of likely N-dealkylation sites (tertiary alicyclic amines) is 1. The molecule has 7 nitrogen and oxygen atoms in total. The molecule has 2 atom stereocenters. The highest BCUT2D eigenvalue weighted by molar-refractivity contribution is 7.89. The Kier molecular flexibility index (Phi) is 5.45. The Morgan fingerprint density at radius 1 is 1.33 bits per heavy atom. The van der Waals surface area contributed by atoms with Crippen molar-refractivity contribution in [1.29, 1.82) is 0 Å². The van der Waals surface area contributed by atoms with Gasteiger partial charge in [0.05, 0.1) is 11.9 Å². The van der Waals surface area contributed by atoms with E-state index in [2.05, 4.69) is 14.8 Å². The van der Waals surface area contributed by atoms with E-state index < -0.39 is 16.1 Å². The number of aliphatic hydroxyl groups is 1. The summed E-state index contributed by atoms with van der Waals surface area (Å²) in [5.41, 5.74) is 0. The van der Waals surface area contributed by atoms with Crippen LogP contribution in [0.15, 0.2) is 6.20 Å². The molecule has 3 heterocycles. The molecule has 0 amide bonds. The molecule has 9 heteroatoms. The average Bonchev–Trinajstić information content (AvgIpc) is 3.21. The van der Waals surface area contributed by atoms with Gasteiger partial charge in [-0.2, -0.15) is 0 Å². The fourth-order valence-electron chi connectivity index (χ4n) is 3.30. The highest BCUT2D eigenvalue weighted by atomic mass is 32.2. The van der Waals surface area contributed by atoms with E-state index in [0.29, 0.717) is 13.1 Å². The van der Waals surface area contributed by atoms with Gasteiger partial charge in [-0.3, -0.25) is 4.90 Å². The molecule has 2 saturated heterocycles. The van der Waals surface area contributed by atoms with Crippen molar-refractivity contribution in [3.8, 4) is 0 Å². The number of sulfonamides is 1.